The van der Waals surface area contributed by atoms with Crippen LogP contribution in [0.3, 0.4) is 0 Å². The van der Waals surface area contributed by atoms with E-state index in [1.165, 1.54) is 12.1 Å². The summed E-state index contributed by atoms with van der Waals surface area (Å²) in [6.07, 6.45) is 2.99. The van der Waals surface area contributed by atoms with E-state index in [4.69, 9.17) is 4.74 Å². The number of hydrogen-bond donors (Lipinski definition) is 1. The number of unbranched alkanes of at least 4 members (excludes halogenated alkanes) is 1. The molecule has 0 atom stereocenters. The number of carbonyl (C=O) groups is 2. The lowest BCUT2D eigenvalue weighted by molar-refractivity contribution is -0.124. The lowest BCUT2D eigenvalue weighted by atomic mass is 10.1. The highest BCUT2D eigenvalue weighted by molar-refractivity contribution is 7.89. The normalized spacial score (nSPS) is 11.0. The van der Waals surface area contributed by atoms with E-state index in [0.29, 0.717) is 12.1 Å². The second-order valence-electron chi connectivity index (χ2n) is 5.05. The molecule has 6 nitrogen and oxygen atoms in total. The van der Waals surface area contributed by atoms with E-state index in [1.54, 1.807) is 12.1 Å². The summed E-state index contributed by atoms with van der Waals surface area (Å²) in [5.41, 5.74) is 0.870. The second-order valence-corrected chi connectivity index (χ2v) is 7.19. The summed E-state index contributed by atoms with van der Waals surface area (Å²) in [6.45, 7) is 2.25. The van der Waals surface area contributed by atoms with Gasteiger partial charge in [0, 0.05) is 12.8 Å². The second kappa shape index (κ2) is 8.53. The van der Waals surface area contributed by atoms with Crippen LogP contribution in [-0.2, 0) is 25.1 Å². The maximum atomic E-state index is 11.8. The lowest BCUT2D eigenvalue weighted by Gasteiger charge is -2.06. The number of rotatable bonds is 8. The van der Waals surface area contributed by atoms with Gasteiger partial charge in [-0.15, -0.1) is 0 Å². The summed E-state index contributed by atoms with van der Waals surface area (Å²) in [5, 5.41) is 2.64. The molecule has 0 radical (unpaired) electrons. The fourth-order valence-electron chi connectivity index (χ4n) is 1.71. The molecule has 22 heavy (non-hydrogen) atoms. The Balaban J connectivity index is 2.47. The molecule has 0 bridgehead atoms. The van der Waals surface area contributed by atoms with Crippen LogP contribution < -0.4 is 5.32 Å². The van der Waals surface area contributed by atoms with E-state index < -0.39 is 15.8 Å². The van der Waals surface area contributed by atoms with Gasteiger partial charge in [-0.1, -0.05) is 25.5 Å². The van der Waals surface area contributed by atoms with E-state index in [1.807, 2.05) is 6.92 Å². The third-order valence-electron chi connectivity index (χ3n) is 2.81. The van der Waals surface area contributed by atoms with Crippen LogP contribution in [0.1, 0.15) is 35.7 Å². The maximum absolute atomic E-state index is 11.8. The fraction of sp³-hybridized carbons (Fsp3) is 0.467. The summed E-state index contributed by atoms with van der Waals surface area (Å²) in [4.78, 5) is 23.2. The fourth-order valence-corrected chi connectivity index (χ4v) is 2.51. The number of sulfone groups is 1. The Labute approximate surface area is 130 Å². The molecule has 0 unspecified atom stereocenters. The number of benzene rings is 1. The number of carbonyl (C=O) groups excluding carboxylic acids is 2. The minimum Gasteiger partial charge on any atom is -0.452 e. The monoisotopic (exact) mass is 327 g/mol. The average Bonchev–Trinajstić information content (AvgIpc) is 2.44. The zero-order valence-electron chi connectivity index (χ0n) is 12.8. The topological polar surface area (TPSA) is 89.5 Å². The molecule has 1 N–H and O–H groups in total. The van der Waals surface area contributed by atoms with Gasteiger partial charge in [0.25, 0.3) is 5.91 Å². The predicted molar refractivity (Wildman–Crippen MR) is 83.2 cm³/mol. The number of amides is 1. The molecule has 0 spiro atoms. The predicted octanol–water partition coefficient (Wildman–Crippen LogP) is 1.30. The van der Waals surface area contributed by atoms with Gasteiger partial charge < -0.3 is 10.1 Å². The van der Waals surface area contributed by atoms with E-state index in [0.717, 1.165) is 19.1 Å². The van der Waals surface area contributed by atoms with E-state index in [9.17, 15) is 18.0 Å². The van der Waals surface area contributed by atoms with Crippen molar-refractivity contribution in [3.05, 3.63) is 35.4 Å². The van der Waals surface area contributed by atoms with Crippen molar-refractivity contribution in [1.29, 1.82) is 0 Å². The van der Waals surface area contributed by atoms with Crippen LogP contribution >= 0.6 is 0 Å². The van der Waals surface area contributed by atoms with Crippen molar-refractivity contribution in [2.75, 3.05) is 19.4 Å². The Kier molecular flexibility index (Phi) is 7.04. The zero-order chi connectivity index (χ0) is 16.6. The molecule has 7 heteroatoms. The molecule has 0 aliphatic heterocycles. The van der Waals surface area contributed by atoms with Crippen LogP contribution in [-0.4, -0.2) is 39.7 Å². The Morgan fingerprint density at radius 1 is 1.18 bits per heavy atom. The first-order valence-electron chi connectivity index (χ1n) is 7.02. The molecule has 0 aliphatic rings. The quantitative estimate of drug-likeness (QED) is 0.574. The van der Waals surface area contributed by atoms with E-state index in [2.05, 4.69) is 5.32 Å². The largest absolute Gasteiger partial charge is 0.452 e. The van der Waals surface area contributed by atoms with E-state index in [-0.39, 0.29) is 23.8 Å². The summed E-state index contributed by atoms with van der Waals surface area (Å²) in [7, 11) is -3.11. The van der Waals surface area contributed by atoms with Crippen molar-refractivity contribution in [3.63, 3.8) is 0 Å². The molecule has 0 aromatic heterocycles. The van der Waals surface area contributed by atoms with Crippen LogP contribution in [0.2, 0.25) is 0 Å². The smallest absolute Gasteiger partial charge is 0.338 e. The molecular formula is C15H21NO5S. The first-order chi connectivity index (χ1) is 10.3. The van der Waals surface area contributed by atoms with Crippen molar-refractivity contribution in [2.24, 2.45) is 0 Å². The highest BCUT2D eigenvalue weighted by Gasteiger charge is 2.11. The van der Waals surface area contributed by atoms with E-state index >= 15 is 0 Å². The van der Waals surface area contributed by atoms with Gasteiger partial charge in [0.1, 0.15) is 0 Å². The zero-order valence-corrected chi connectivity index (χ0v) is 13.6. The minimum absolute atomic E-state index is 0.0812. The van der Waals surface area contributed by atoms with Gasteiger partial charge in [-0.2, -0.15) is 0 Å². The summed E-state index contributed by atoms with van der Waals surface area (Å²) in [5.74, 6) is -1.03. The highest BCUT2D eigenvalue weighted by atomic mass is 32.2. The molecule has 0 heterocycles. The first-order valence-corrected chi connectivity index (χ1v) is 9.08. The van der Waals surface area contributed by atoms with Crippen molar-refractivity contribution in [2.45, 2.75) is 25.5 Å². The lowest BCUT2D eigenvalue weighted by Crippen LogP contribution is -2.29. The number of nitrogens with one attached hydrogen (secondary N) is 1. The molecule has 1 amide bonds. The molecule has 0 fully saturated rings. The van der Waals surface area contributed by atoms with Crippen LogP contribution in [0, 0.1) is 0 Å². The van der Waals surface area contributed by atoms with Gasteiger partial charge in [-0.05, 0) is 24.1 Å². The summed E-state index contributed by atoms with van der Waals surface area (Å²) in [6, 6.07) is 6.08. The first kappa shape index (κ1) is 18.2. The van der Waals surface area contributed by atoms with Crippen LogP contribution in [0.15, 0.2) is 24.3 Å². The molecule has 0 saturated heterocycles. The van der Waals surface area contributed by atoms with Crippen LogP contribution in [0.25, 0.3) is 0 Å². The molecule has 1 aromatic rings. The average molecular weight is 327 g/mol. The van der Waals surface area contributed by atoms with Crippen molar-refractivity contribution in [1.82, 2.24) is 5.32 Å². The van der Waals surface area contributed by atoms with Crippen LogP contribution in [0.4, 0.5) is 0 Å². The van der Waals surface area contributed by atoms with Crippen LogP contribution in [0.5, 0.6) is 0 Å². The Hall–Kier alpha value is -1.89. The summed E-state index contributed by atoms with van der Waals surface area (Å²) >= 11 is 0. The highest BCUT2D eigenvalue weighted by Crippen LogP contribution is 2.09. The molecular weight excluding hydrogens is 306 g/mol. The third-order valence-corrected chi connectivity index (χ3v) is 3.66. The molecule has 1 rings (SSSR count). The van der Waals surface area contributed by atoms with Gasteiger partial charge in [-0.3, -0.25) is 4.79 Å². The number of ether oxygens (including phenoxy) is 1. The maximum Gasteiger partial charge on any atom is 0.338 e. The summed E-state index contributed by atoms with van der Waals surface area (Å²) < 4.78 is 27.2. The Morgan fingerprint density at radius 3 is 2.36 bits per heavy atom. The SMILES string of the molecule is CCCCNC(=O)COC(=O)c1ccc(CS(C)(=O)=O)cc1. The van der Waals surface area contributed by atoms with Crippen molar-refractivity contribution >= 4 is 21.7 Å². The standard InChI is InChI=1S/C15H21NO5S/c1-3-4-9-16-14(17)10-21-15(18)13-7-5-12(6-8-13)11-22(2,19)20/h5-8H,3-4,9-11H2,1-2H3,(H,16,17). The molecule has 0 saturated carbocycles. The number of esters is 1. The Morgan fingerprint density at radius 2 is 1.82 bits per heavy atom. The van der Waals surface area contributed by atoms with Crippen molar-refractivity contribution < 1.29 is 22.7 Å². The third kappa shape index (κ3) is 7.21. The van der Waals surface area contributed by atoms with Crippen molar-refractivity contribution in [3.8, 4) is 0 Å². The minimum atomic E-state index is -3.11. The molecule has 0 aliphatic carbocycles. The van der Waals surface area contributed by atoms with Gasteiger partial charge in [-0.25, -0.2) is 13.2 Å². The number of hydrogen-bond acceptors (Lipinski definition) is 5. The Bertz CT molecular complexity index is 607. The molecule has 1 aromatic carbocycles. The van der Waals surface area contributed by atoms with Gasteiger partial charge in [0.05, 0.1) is 11.3 Å². The molecule has 122 valence electrons. The van der Waals surface area contributed by atoms with Gasteiger partial charge in [0.2, 0.25) is 0 Å². The van der Waals surface area contributed by atoms with Gasteiger partial charge in [0.15, 0.2) is 16.4 Å². The van der Waals surface area contributed by atoms with Gasteiger partial charge >= 0.3 is 5.97 Å².